The fraction of sp³-hybridized carbons (Fsp3) is 0.818. The maximum absolute atomic E-state index is 11.9. The van der Waals surface area contributed by atoms with Crippen molar-refractivity contribution in [3.63, 3.8) is 0 Å². The van der Waals surface area contributed by atoms with E-state index in [0.29, 0.717) is 13.1 Å². The summed E-state index contributed by atoms with van der Waals surface area (Å²) in [6.45, 7) is 6.79. The Morgan fingerprint density at radius 1 is 1.59 bits per heavy atom. The van der Waals surface area contributed by atoms with Crippen molar-refractivity contribution >= 4 is 26.6 Å². The summed E-state index contributed by atoms with van der Waals surface area (Å²) in [5, 5.41) is 3.89. The van der Waals surface area contributed by atoms with Crippen LogP contribution in [0.15, 0.2) is 5.16 Å². The third-order valence-corrected chi connectivity index (χ3v) is 3.20. The molecule has 6 heteroatoms. The molecule has 1 atom stereocenters. The van der Waals surface area contributed by atoms with Crippen LogP contribution in [-0.2, 0) is 9.57 Å². The number of oxime groups is 1. The molecule has 0 saturated carbocycles. The predicted molar refractivity (Wildman–Crippen MR) is 67.2 cm³/mol. The first-order valence-electron chi connectivity index (χ1n) is 5.68. The molecule has 1 amide bonds. The van der Waals surface area contributed by atoms with Crippen molar-refractivity contribution in [3.05, 3.63) is 0 Å². The van der Waals surface area contributed by atoms with E-state index in [4.69, 9.17) is 9.57 Å². The lowest BCUT2D eigenvalue weighted by atomic mass is 10.0. The highest BCUT2D eigenvalue weighted by Gasteiger charge is 2.47. The quantitative estimate of drug-likeness (QED) is 0.691. The smallest absolute Gasteiger partial charge is 0.410 e. The molecule has 96 valence electrons. The molecule has 1 fully saturated rings. The maximum atomic E-state index is 11.9. The number of nitrogens with zero attached hydrogens (tertiary/aromatic N) is 2. The fourth-order valence-electron chi connectivity index (χ4n) is 2.02. The minimum atomic E-state index is -0.458. The zero-order valence-electron chi connectivity index (χ0n) is 10.3. The number of halogens is 1. The van der Waals surface area contributed by atoms with Gasteiger partial charge < -0.3 is 14.5 Å². The Balaban J connectivity index is 1.92. The van der Waals surface area contributed by atoms with Crippen molar-refractivity contribution in [2.45, 2.75) is 44.8 Å². The lowest BCUT2D eigenvalue weighted by Crippen LogP contribution is -2.39. The third-order valence-electron chi connectivity index (χ3n) is 2.77. The van der Waals surface area contributed by atoms with E-state index in [0.717, 1.165) is 17.5 Å². The van der Waals surface area contributed by atoms with E-state index in [1.54, 1.807) is 4.90 Å². The third kappa shape index (κ3) is 2.91. The molecule has 2 aliphatic heterocycles. The number of hydrogen-bond acceptors (Lipinski definition) is 4. The van der Waals surface area contributed by atoms with Gasteiger partial charge in [0.1, 0.15) is 10.2 Å². The number of carbonyl (C=O) groups is 1. The van der Waals surface area contributed by atoms with Gasteiger partial charge in [0.2, 0.25) is 0 Å². The Kier molecular flexibility index (Phi) is 3.10. The van der Waals surface area contributed by atoms with Gasteiger partial charge in [-0.05, 0) is 36.7 Å². The largest absolute Gasteiger partial charge is 0.444 e. The van der Waals surface area contributed by atoms with Crippen LogP contribution in [0.25, 0.3) is 0 Å². The maximum Gasteiger partial charge on any atom is 0.410 e. The summed E-state index contributed by atoms with van der Waals surface area (Å²) in [5.74, 6) is 0. The zero-order chi connectivity index (χ0) is 12.7. The summed E-state index contributed by atoms with van der Waals surface area (Å²) in [5.41, 5.74) is -0.795. The van der Waals surface area contributed by atoms with Gasteiger partial charge in [-0.15, -0.1) is 0 Å². The summed E-state index contributed by atoms with van der Waals surface area (Å²) in [6, 6.07) is 0. The molecule has 0 N–H and O–H groups in total. The summed E-state index contributed by atoms with van der Waals surface area (Å²) in [7, 11) is 0. The second kappa shape index (κ2) is 4.15. The van der Waals surface area contributed by atoms with Crippen LogP contribution >= 0.6 is 15.9 Å². The van der Waals surface area contributed by atoms with Gasteiger partial charge >= 0.3 is 6.09 Å². The van der Waals surface area contributed by atoms with Crippen LogP contribution in [0.2, 0.25) is 0 Å². The molecule has 2 aliphatic rings. The monoisotopic (exact) mass is 304 g/mol. The zero-order valence-corrected chi connectivity index (χ0v) is 11.9. The summed E-state index contributed by atoms with van der Waals surface area (Å²) < 4.78 is 6.14. The van der Waals surface area contributed by atoms with E-state index in [1.165, 1.54) is 0 Å². The molecule has 0 aliphatic carbocycles. The van der Waals surface area contributed by atoms with Crippen LogP contribution in [0.4, 0.5) is 4.79 Å². The minimum Gasteiger partial charge on any atom is -0.444 e. The van der Waals surface area contributed by atoms with Crippen molar-refractivity contribution in [1.82, 2.24) is 4.90 Å². The number of rotatable bonds is 0. The molecule has 1 spiro atoms. The molecule has 2 heterocycles. The topological polar surface area (TPSA) is 51.1 Å². The van der Waals surface area contributed by atoms with Crippen molar-refractivity contribution in [1.29, 1.82) is 0 Å². The SMILES string of the molecule is CC(C)(C)OC(=O)N1CC[C@]2(CC(Br)=NO2)C1. The lowest BCUT2D eigenvalue weighted by molar-refractivity contribution is -0.0159. The molecule has 0 bridgehead atoms. The molecule has 0 unspecified atom stereocenters. The highest BCUT2D eigenvalue weighted by atomic mass is 79.9. The first kappa shape index (κ1) is 12.7. The van der Waals surface area contributed by atoms with Crippen molar-refractivity contribution in [3.8, 4) is 0 Å². The molecule has 5 nitrogen and oxygen atoms in total. The predicted octanol–water partition coefficient (Wildman–Crippen LogP) is 2.49. The highest BCUT2D eigenvalue weighted by molar-refractivity contribution is 9.18. The first-order valence-corrected chi connectivity index (χ1v) is 6.47. The van der Waals surface area contributed by atoms with E-state index >= 15 is 0 Å². The Hall–Kier alpha value is -0.780. The number of likely N-dealkylation sites (tertiary alicyclic amines) is 1. The molecule has 0 radical (unpaired) electrons. The molecule has 2 rings (SSSR count). The van der Waals surface area contributed by atoms with Gasteiger partial charge in [-0.1, -0.05) is 5.16 Å². The summed E-state index contributed by atoms with van der Waals surface area (Å²) in [6.07, 6.45) is 1.25. The summed E-state index contributed by atoms with van der Waals surface area (Å²) in [4.78, 5) is 19.0. The van der Waals surface area contributed by atoms with Crippen molar-refractivity contribution in [2.24, 2.45) is 5.16 Å². The lowest BCUT2D eigenvalue weighted by Gasteiger charge is -2.25. The van der Waals surface area contributed by atoms with Gasteiger partial charge in [0, 0.05) is 19.4 Å². The molecule has 0 aromatic rings. The van der Waals surface area contributed by atoms with Crippen LogP contribution in [-0.4, -0.2) is 39.9 Å². The summed E-state index contributed by atoms with van der Waals surface area (Å²) >= 11 is 3.32. The van der Waals surface area contributed by atoms with Crippen molar-refractivity contribution < 1.29 is 14.4 Å². The number of amides is 1. The van der Waals surface area contributed by atoms with Gasteiger partial charge in [-0.2, -0.15) is 0 Å². The van der Waals surface area contributed by atoms with E-state index in [1.807, 2.05) is 20.8 Å². The fourth-order valence-corrected chi connectivity index (χ4v) is 2.61. The highest BCUT2D eigenvalue weighted by Crippen LogP contribution is 2.35. The second-order valence-electron chi connectivity index (χ2n) is 5.57. The van der Waals surface area contributed by atoms with Crippen LogP contribution in [0.5, 0.6) is 0 Å². The molecule has 0 aromatic heterocycles. The average molecular weight is 305 g/mol. The van der Waals surface area contributed by atoms with E-state index in [9.17, 15) is 4.79 Å². The standard InChI is InChI=1S/C11H17BrN2O3/c1-10(2,3)16-9(15)14-5-4-11(7-14)6-8(12)13-17-11/h4-7H2,1-3H3/t11-/m0/s1. The normalized spacial score (nSPS) is 28.2. The average Bonchev–Trinajstić information content (AvgIpc) is 2.72. The molecule has 0 aromatic carbocycles. The van der Waals surface area contributed by atoms with Gasteiger partial charge in [0.15, 0.2) is 5.60 Å². The number of ether oxygens (including phenoxy) is 1. The Morgan fingerprint density at radius 2 is 2.29 bits per heavy atom. The van der Waals surface area contributed by atoms with Gasteiger partial charge in [0.25, 0.3) is 0 Å². The van der Waals surface area contributed by atoms with Gasteiger partial charge in [0.05, 0.1) is 6.54 Å². The van der Waals surface area contributed by atoms with Gasteiger partial charge in [-0.25, -0.2) is 4.79 Å². The van der Waals surface area contributed by atoms with E-state index in [2.05, 4.69) is 21.1 Å². The second-order valence-corrected chi connectivity index (χ2v) is 6.49. The van der Waals surface area contributed by atoms with Crippen LogP contribution < -0.4 is 0 Å². The van der Waals surface area contributed by atoms with E-state index < -0.39 is 5.60 Å². The van der Waals surface area contributed by atoms with Crippen molar-refractivity contribution in [2.75, 3.05) is 13.1 Å². The minimum absolute atomic E-state index is 0.277. The van der Waals surface area contributed by atoms with E-state index in [-0.39, 0.29) is 11.7 Å². The molecule has 17 heavy (non-hydrogen) atoms. The number of hydrogen-bond donors (Lipinski definition) is 0. The molecular formula is C11H17BrN2O3. The number of carbonyl (C=O) groups excluding carboxylic acids is 1. The Labute approximate surface area is 109 Å². The van der Waals surface area contributed by atoms with Crippen LogP contribution in [0, 0.1) is 0 Å². The Bertz CT molecular complexity index is 364. The van der Waals surface area contributed by atoms with Crippen LogP contribution in [0.3, 0.4) is 0 Å². The van der Waals surface area contributed by atoms with Crippen LogP contribution in [0.1, 0.15) is 33.6 Å². The van der Waals surface area contributed by atoms with Gasteiger partial charge in [-0.3, -0.25) is 0 Å². The molecule has 1 saturated heterocycles. The first-order chi connectivity index (χ1) is 7.80. The molecular weight excluding hydrogens is 288 g/mol. The Morgan fingerprint density at radius 3 is 2.82 bits per heavy atom.